The molecule has 1 heterocycles. The van der Waals surface area contributed by atoms with Gasteiger partial charge in [-0.2, -0.15) is 0 Å². The molecular weight excluding hydrogens is 354 g/mol. The zero-order valence-corrected chi connectivity index (χ0v) is 15.3. The summed E-state index contributed by atoms with van der Waals surface area (Å²) in [6.07, 6.45) is 0. The van der Waals surface area contributed by atoms with Gasteiger partial charge in [-0.05, 0) is 29.8 Å². The molecule has 25 heavy (non-hydrogen) atoms. The van der Waals surface area contributed by atoms with Gasteiger partial charge < -0.3 is 10.1 Å². The van der Waals surface area contributed by atoms with Crippen LogP contribution in [0.4, 0.5) is 0 Å². The lowest BCUT2D eigenvalue weighted by Crippen LogP contribution is -2.22. The molecule has 0 aliphatic heterocycles. The highest BCUT2D eigenvalue weighted by Crippen LogP contribution is 2.26. The lowest BCUT2D eigenvalue weighted by Gasteiger charge is -2.02. The van der Waals surface area contributed by atoms with Crippen LogP contribution in [-0.2, 0) is 12.3 Å². The molecule has 1 N–H and O–H groups in total. The van der Waals surface area contributed by atoms with Gasteiger partial charge in [0.15, 0.2) is 0 Å². The summed E-state index contributed by atoms with van der Waals surface area (Å²) in [5.74, 6) is 1.32. The predicted molar refractivity (Wildman–Crippen MR) is 100 cm³/mol. The Bertz CT molecular complexity index is 820. The fourth-order valence-electron chi connectivity index (χ4n) is 2.07. The third-order valence-electron chi connectivity index (χ3n) is 3.38. The zero-order chi connectivity index (χ0) is 17.5. The number of methoxy groups -OCH3 is 1. The molecule has 1 amide bonds. The maximum atomic E-state index is 12.2. The van der Waals surface area contributed by atoms with Crippen molar-refractivity contribution in [3.05, 3.63) is 70.2 Å². The molecule has 2 aromatic carbocycles. The highest BCUT2D eigenvalue weighted by molar-refractivity contribution is 7.98. The third kappa shape index (κ3) is 5.04. The summed E-state index contributed by atoms with van der Waals surface area (Å²) < 4.78 is 5.14. The van der Waals surface area contributed by atoms with E-state index in [1.54, 1.807) is 18.9 Å². The molecule has 0 fully saturated rings. The minimum atomic E-state index is -0.193. The van der Waals surface area contributed by atoms with Crippen LogP contribution in [0.15, 0.2) is 59.5 Å². The van der Waals surface area contributed by atoms with E-state index in [1.165, 1.54) is 11.3 Å². The molecule has 0 unspecified atom stereocenters. The number of ether oxygens (including phenoxy) is 1. The van der Waals surface area contributed by atoms with Crippen molar-refractivity contribution >= 4 is 29.0 Å². The van der Waals surface area contributed by atoms with E-state index in [-0.39, 0.29) is 5.91 Å². The SMILES string of the molecule is COc1ccc(SCc2nnc(C(=O)NCc3ccccc3)s2)cc1. The Balaban J connectivity index is 1.51. The highest BCUT2D eigenvalue weighted by atomic mass is 32.2. The first-order valence-electron chi connectivity index (χ1n) is 7.66. The van der Waals surface area contributed by atoms with E-state index in [9.17, 15) is 4.79 Å². The molecule has 0 spiro atoms. The van der Waals surface area contributed by atoms with E-state index in [1.807, 2.05) is 54.6 Å². The van der Waals surface area contributed by atoms with Crippen LogP contribution in [0.2, 0.25) is 0 Å². The molecule has 3 rings (SSSR count). The van der Waals surface area contributed by atoms with E-state index in [0.29, 0.717) is 17.3 Å². The van der Waals surface area contributed by atoms with E-state index in [4.69, 9.17) is 4.74 Å². The average molecular weight is 371 g/mol. The predicted octanol–water partition coefficient (Wildman–Crippen LogP) is 3.77. The lowest BCUT2D eigenvalue weighted by molar-refractivity contribution is 0.0950. The van der Waals surface area contributed by atoms with Crippen molar-refractivity contribution in [2.45, 2.75) is 17.2 Å². The van der Waals surface area contributed by atoms with Crippen LogP contribution in [0.5, 0.6) is 5.75 Å². The van der Waals surface area contributed by atoms with Gasteiger partial charge in [-0.25, -0.2) is 0 Å². The highest BCUT2D eigenvalue weighted by Gasteiger charge is 2.12. The van der Waals surface area contributed by atoms with E-state index < -0.39 is 0 Å². The normalized spacial score (nSPS) is 10.4. The molecule has 0 bridgehead atoms. The topological polar surface area (TPSA) is 64.1 Å². The summed E-state index contributed by atoms with van der Waals surface area (Å²) in [6, 6.07) is 17.6. The van der Waals surface area contributed by atoms with E-state index in [0.717, 1.165) is 21.2 Å². The number of nitrogens with one attached hydrogen (secondary N) is 1. The van der Waals surface area contributed by atoms with Crippen molar-refractivity contribution in [3.63, 3.8) is 0 Å². The van der Waals surface area contributed by atoms with Gasteiger partial charge in [-0.15, -0.1) is 22.0 Å². The van der Waals surface area contributed by atoms with Gasteiger partial charge in [-0.3, -0.25) is 4.79 Å². The molecule has 1 aromatic heterocycles. The molecule has 0 radical (unpaired) electrons. The summed E-state index contributed by atoms with van der Waals surface area (Å²) in [6.45, 7) is 0.481. The van der Waals surface area contributed by atoms with Gasteiger partial charge in [0.25, 0.3) is 5.91 Å². The van der Waals surface area contributed by atoms with Crippen LogP contribution in [0.3, 0.4) is 0 Å². The number of nitrogens with zero attached hydrogens (tertiary/aromatic N) is 2. The monoisotopic (exact) mass is 371 g/mol. The van der Waals surface area contributed by atoms with Gasteiger partial charge in [-0.1, -0.05) is 41.7 Å². The Labute approximate surface area is 154 Å². The second-order valence-corrected chi connectivity index (χ2v) is 7.24. The largest absolute Gasteiger partial charge is 0.497 e. The molecule has 0 atom stereocenters. The first kappa shape index (κ1) is 17.4. The standard InChI is InChI=1S/C18H17N3O2S2/c1-23-14-7-9-15(10-8-14)24-12-16-20-21-18(25-16)17(22)19-11-13-5-3-2-4-6-13/h2-10H,11-12H2,1H3,(H,19,22). The fraction of sp³-hybridized carbons (Fsp3) is 0.167. The average Bonchev–Trinajstić information content (AvgIpc) is 3.15. The van der Waals surface area contributed by atoms with Crippen molar-refractivity contribution in [1.82, 2.24) is 15.5 Å². The molecule has 0 saturated carbocycles. The second kappa shape index (κ2) is 8.64. The Kier molecular flexibility index (Phi) is 6.03. The van der Waals surface area contributed by atoms with Crippen LogP contribution in [0, 0.1) is 0 Å². The Morgan fingerprint density at radius 2 is 1.88 bits per heavy atom. The first-order chi connectivity index (χ1) is 12.2. The molecule has 0 aliphatic rings. The maximum Gasteiger partial charge on any atom is 0.282 e. The van der Waals surface area contributed by atoms with Crippen LogP contribution < -0.4 is 10.1 Å². The summed E-state index contributed by atoms with van der Waals surface area (Å²) in [7, 11) is 1.65. The van der Waals surface area contributed by atoms with Crippen molar-refractivity contribution < 1.29 is 9.53 Å². The van der Waals surface area contributed by atoms with Gasteiger partial charge in [0.05, 0.1) is 12.9 Å². The molecule has 0 aliphatic carbocycles. The van der Waals surface area contributed by atoms with Crippen LogP contribution in [0.25, 0.3) is 0 Å². The van der Waals surface area contributed by atoms with Gasteiger partial charge >= 0.3 is 0 Å². The van der Waals surface area contributed by atoms with Gasteiger partial charge in [0.2, 0.25) is 5.01 Å². The maximum absolute atomic E-state index is 12.2. The Morgan fingerprint density at radius 3 is 2.60 bits per heavy atom. The number of hydrogen-bond acceptors (Lipinski definition) is 6. The molecule has 5 nitrogen and oxygen atoms in total. The zero-order valence-electron chi connectivity index (χ0n) is 13.6. The van der Waals surface area contributed by atoms with Crippen LogP contribution in [0.1, 0.15) is 20.4 Å². The third-order valence-corrected chi connectivity index (χ3v) is 5.51. The number of amides is 1. The number of thioether (sulfide) groups is 1. The summed E-state index contributed by atoms with van der Waals surface area (Å²) in [4.78, 5) is 13.3. The number of rotatable bonds is 7. The number of carbonyl (C=O) groups is 1. The van der Waals surface area contributed by atoms with Crippen molar-refractivity contribution in [2.75, 3.05) is 7.11 Å². The quantitative estimate of drug-likeness (QED) is 0.641. The lowest BCUT2D eigenvalue weighted by atomic mass is 10.2. The Hall–Kier alpha value is -2.38. The Morgan fingerprint density at radius 1 is 1.12 bits per heavy atom. The molecule has 7 heteroatoms. The number of hydrogen-bond donors (Lipinski definition) is 1. The van der Waals surface area contributed by atoms with Crippen LogP contribution in [-0.4, -0.2) is 23.2 Å². The molecule has 3 aromatic rings. The second-order valence-electron chi connectivity index (χ2n) is 5.13. The number of carbonyl (C=O) groups excluding carboxylic acids is 1. The number of aromatic nitrogens is 2. The van der Waals surface area contributed by atoms with Crippen LogP contribution >= 0.6 is 23.1 Å². The summed E-state index contributed by atoms with van der Waals surface area (Å²) in [5, 5.41) is 12.2. The van der Waals surface area contributed by atoms with Gasteiger partial charge in [0, 0.05) is 11.4 Å². The molecular formula is C18H17N3O2S2. The first-order valence-corrected chi connectivity index (χ1v) is 9.46. The summed E-state index contributed by atoms with van der Waals surface area (Å²) in [5.41, 5.74) is 1.05. The number of benzene rings is 2. The van der Waals surface area contributed by atoms with Crippen molar-refractivity contribution in [2.24, 2.45) is 0 Å². The fourth-order valence-corrected chi connectivity index (χ4v) is 3.71. The van der Waals surface area contributed by atoms with Crippen molar-refractivity contribution in [1.29, 1.82) is 0 Å². The van der Waals surface area contributed by atoms with Gasteiger partial charge in [0.1, 0.15) is 10.8 Å². The minimum Gasteiger partial charge on any atom is -0.497 e. The van der Waals surface area contributed by atoms with E-state index in [2.05, 4.69) is 15.5 Å². The van der Waals surface area contributed by atoms with Crippen molar-refractivity contribution in [3.8, 4) is 5.75 Å². The summed E-state index contributed by atoms with van der Waals surface area (Å²) >= 11 is 2.97. The molecule has 0 saturated heterocycles. The molecule has 128 valence electrons. The smallest absolute Gasteiger partial charge is 0.282 e. The minimum absolute atomic E-state index is 0.193. The van der Waals surface area contributed by atoms with E-state index >= 15 is 0 Å².